The van der Waals surface area contributed by atoms with Crippen molar-refractivity contribution >= 4 is 0 Å². The van der Waals surface area contributed by atoms with Gasteiger partial charge in [-0.15, -0.1) is 0 Å². The number of hydrogen-bond acceptors (Lipinski definition) is 0. The Morgan fingerprint density at radius 1 is 0.611 bits per heavy atom. The average Bonchev–Trinajstić information content (AvgIpc) is 3.44. The standard InChI is InChI=1S/C34H58N2/c1-3-5-7-9-10-11-12-13-14-15-16-18-22-26-33(30-32-24-20-19-21-25-32)34(36-29-28-35-31-36)27-23-17-8-6-4-2/h19-21,24-25,28-29,31,33-34H,3-18,22-23,26-27,30H2,1-2H3/p+1. The van der Waals surface area contributed by atoms with Gasteiger partial charge in [0, 0.05) is 5.92 Å². The number of nitrogens with one attached hydrogen (secondary N) is 1. The third-order valence-corrected chi connectivity index (χ3v) is 8.12. The third-order valence-electron chi connectivity index (χ3n) is 8.12. The largest absolute Gasteiger partial charge is 0.250 e. The first-order valence-corrected chi connectivity index (χ1v) is 15.9. The van der Waals surface area contributed by atoms with Gasteiger partial charge in [0.15, 0.2) is 0 Å². The van der Waals surface area contributed by atoms with Crippen LogP contribution < -0.4 is 4.57 Å². The highest BCUT2D eigenvalue weighted by Gasteiger charge is 2.26. The van der Waals surface area contributed by atoms with E-state index in [2.05, 4.69) is 72.5 Å². The van der Waals surface area contributed by atoms with Crippen LogP contribution >= 0.6 is 0 Å². The summed E-state index contributed by atoms with van der Waals surface area (Å²) in [5, 5.41) is 0. The van der Waals surface area contributed by atoms with Gasteiger partial charge in [-0.3, -0.25) is 4.98 Å². The molecule has 2 heteroatoms. The molecule has 0 radical (unpaired) electrons. The molecule has 0 aliphatic rings. The smallest absolute Gasteiger partial charge is 0.241 e. The maximum Gasteiger partial charge on any atom is 0.241 e. The van der Waals surface area contributed by atoms with E-state index < -0.39 is 0 Å². The first kappa shape index (κ1) is 30.7. The van der Waals surface area contributed by atoms with Crippen LogP contribution in [0.2, 0.25) is 0 Å². The van der Waals surface area contributed by atoms with Crippen molar-refractivity contribution in [2.24, 2.45) is 5.92 Å². The first-order valence-electron chi connectivity index (χ1n) is 15.9. The summed E-state index contributed by atoms with van der Waals surface area (Å²) in [7, 11) is 0. The van der Waals surface area contributed by atoms with Crippen LogP contribution in [0.5, 0.6) is 0 Å². The normalized spacial score (nSPS) is 13.2. The second-order valence-corrected chi connectivity index (χ2v) is 11.3. The number of hydrogen-bond donors (Lipinski definition) is 1. The fraction of sp³-hybridized carbons (Fsp3) is 0.735. The van der Waals surface area contributed by atoms with Crippen LogP contribution in [0, 0.1) is 5.92 Å². The Morgan fingerprint density at radius 3 is 1.61 bits per heavy atom. The lowest BCUT2D eigenvalue weighted by atomic mass is 9.84. The highest BCUT2D eigenvalue weighted by Crippen LogP contribution is 2.29. The molecular formula is C34H59N2+. The quantitative estimate of drug-likeness (QED) is 0.110. The molecule has 1 aromatic carbocycles. The number of unbranched alkanes of at least 4 members (excludes halogenated alkanes) is 16. The van der Waals surface area contributed by atoms with Crippen molar-refractivity contribution in [3.05, 3.63) is 54.6 Å². The lowest BCUT2D eigenvalue weighted by Crippen LogP contribution is -2.42. The number of imidazole rings is 1. The van der Waals surface area contributed by atoms with Gasteiger partial charge in [0.1, 0.15) is 18.4 Å². The van der Waals surface area contributed by atoms with Gasteiger partial charge in [-0.05, 0) is 31.2 Å². The first-order chi connectivity index (χ1) is 17.8. The van der Waals surface area contributed by atoms with Gasteiger partial charge in [-0.1, -0.05) is 153 Å². The molecule has 2 unspecified atom stereocenters. The molecule has 0 saturated heterocycles. The van der Waals surface area contributed by atoms with Crippen LogP contribution in [0.4, 0.5) is 0 Å². The summed E-state index contributed by atoms with van der Waals surface area (Å²) >= 11 is 0. The van der Waals surface area contributed by atoms with Gasteiger partial charge in [0.25, 0.3) is 0 Å². The zero-order valence-electron chi connectivity index (χ0n) is 24.1. The molecule has 2 atom stereocenters. The van der Waals surface area contributed by atoms with Crippen molar-refractivity contribution in [2.75, 3.05) is 0 Å². The molecule has 0 amide bonds. The van der Waals surface area contributed by atoms with E-state index in [9.17, 15) is 0 Å². The molecule has 0 aliphatic heterocycles. The zero-order chi connectivity index (χ0) is 25.5. The Bertz CT molecular complexity index is 693. The van der Waals surface area contributed by atoms with Crippen molar-refractivity contribution < 1.29 is 4.57 Å². The van der Waals surface area contributed by atoms with E-state index in [0.29, 0.717) is 12.0 Å². The van der Waals surface area contributed by atoms with Crippen LogP contribution in [0.1, 0.15) is 154 Å². The zero-order valence-corrected chi connectivity index (χ0v) is 24.1. The summed E-state index contributed by atoms with van der Waals surface area (Å²) < 4.78 is 2.48. The molecular weight excluding hydrogens is 436 g/mol. The number of H-pyrrole nitrogens is 1. The Morgan fingerprint density at radius 2 is 1.11 bits per heavy atom. The lowest BCUT2D eigenvalue weighted by Gasteiger charge is -2.25. The maximum absolute atomic E-state index is 3.32. The van der Waals surface area contributed by atoms with E-state index in [1.165, 1.54) is 140 Å². The summed E-state index contributed by atoms with van der Waals surface area (Å²) in [6, 6.07) is 11.8. The van der Waals surface area contributed by atoms with E-state index in [1.54, 1.807) is 0 Å². The molecule has 0 fully saturated rings. The summed E-state index contributed by atoms with van der Waals surface area (Å²) in [6.07, 6.45) is 35.9. The van der Waals surface area contributed by atoms with E-state index >= 15 is 0 Å². The van der Waals surface area contributed by atoms with Gasteiger partial charge in [-0.2, -0.15) is 0 Å². The topological polar surface area (TPSA) is 19.7 Å². The van der Waals surface area contributed by atoms with Crippen LogP contribution in [-0.4, -0.2) is 4.98 Å². The number of aromatic amines is 1. The Balaban J connectivity index is 1.74. The molecule has 0 aliphatic carbocycles. The predicted octanol–water partition coefficient (Wildman–Crippen LogP) is 10.5. The summed E-state index contributed by atoms with van der Waals surface area (Å²) in [6.45, 7) is 4.61. The molecule has 0 bridgehead atoms. The highest BCUT2D eigenvalue weighted by atomic mass is 15.1. The van der Waals surface area contributed by atoms with Crippen molar-refractivity contribution in [3.63, 3.8) is 0 Å². The molecule has 2 rings (SSSR count). The Kier molecular flexibility index (Phi) is 18.3. The molecule has 1 heterocycles. The molecule has 1 N–H and O–H groups in total. The third kappa shape index (κ3) is 14.2. The van der Waals surface area contributed by atoms with Crippen molar-refractivity contribution in [1.82, 2.24) is 4.98 Å². The second kappa shape index (κ2) is 21.5. The minimum atomic E-state index is 0.607. The fourth-order valence-electron chi connectivity index (χ4n) is 5.86. The number of benzene rings is 1. The second-order valence-electron chi connectivity index (χ2n) is 11.3. The lowest BCUT2D eigenvalue weighted by molar-refractivity contribution is -0.730. The molecule has 0 spiro atoms. The van der Waals surface area contributed by atoms with E-state index in [4.69, 9.17) is 0 Å². The van der Waals surface area contributed by atoms with E-state index in [1.807, 2.05) is 0 Å². The van der Waals surface area contributed by atoms with Crippen LogP contribution in [-0.2, 0) is 6.42 Å². The summed E-state index contributed by atoms with van der Waals surface area (Å²) in [5.41, 5.74) is 1.50. The molecule has 2 aromatic rings. The fourth-order valence-corrected chi connectivity index (χ4v) is 5.86. The maximum atomic E-state index is 3.32. The summed E-state index contributed by atoms with van der Waals surface area (Å²) in [4.78, 5) is 3.32. The van der Waals surface area contributed by atoms with Gasteiger partial charge in [0.05, 0.1) is 0 Å². The van der Waals surface area contributed by atoms with Crippen molar-refractivity contribution in [2.45, 2.75) is 155 Å². The minimum absolute atomic E-state index is 0.607. The molecule has 36 heavy (non-hydrogen) atoms. The number of aromatic nitrogens is 2. The van der Waals surface area contributed by atoms with Crippen LogP contribution in [0.3, 0.4) is 0 Å². The summed E-state index contributed by atoms with van der Waals surface area (Å²) in [5.74, 6) is 0.715. The van der Waals surface area contributed by atoms with Gasteiger partial charge in [0.2, 0.25) is 6.33 Å². The Labute approximate surface area is 224 Å². The molecule has 0 saturated carbocycles. The Hall–Kier alpha value is -1.57. The van der Waals surface area contributed by atoms with Gasteiger partial charge >= 0.3 is 0 Å². The van der Waals surface area contributed by atoms with Crippen LogP contribution in [0.15, 0.2) is 49.1 Å². The number of rotatable bonds is 24. The van der Waals surface area contributed by atoms with Crippen LogP contribution in [0.25, 0.3) is 0 Å². The van der Waals surface area contributed by atoms with Crippen molar-refractivity contribution in [1.29, 1.82) is 0 Å². The average molecular weight is 496 g/mol. The number of nitrogens with zero attached hydrogens (tertiary/aromatic N) is 1. The highest BCUT2D eigenvalue weighted by molar-refractivity contribution is 5.15. The predicted molar refractivity (Wildman–Crippen MR) is 157 cm³/mol. The minimum Gasteiger partial charge on any atom is -0.250 e. The van der Waals surface area contributed by atoms with Gasteiger partial charge < -0.3 is 0 Å². The molecule has 204 valence electrons. The van der Waals surface area contributed by atoms with Crippen molar-refractivity contribution in [3.8, 4) is 0 Å². The molecule has 2 nitrogen and oxygen atoms in total. The van der Waals surface area contributed by atoms with Gasteiger partial charge in [-0.25, -0.2) is 4.57 Å². The monoisotopic (exact) mass is 495 g/mol. The van der Waals surface area contributed by atoms with E-state index in [-0.39, 0.29) is 0 Å². The van der Waals surface area contributed by atoms with E-state index in [0.717, 1.165) is 0 Å². The SMILES string of the molecule is CCCCCCCCCCCCCCCC(Cc1ccccc1)C(CCCCCCC)[n+]1cc[nH]c1. The molecule has 1 aromatic heterocycles.